The van der Waals surface area contributed by atoms with Gasteiger partial charge in [0.1, 0.15) is 6.04 Å². The summed E-state index contributed by atoms with van der Waals surface area (Å²) in [6.45, 7) is 23.4. The Labute approximate surface area is 384 Å². The number of benzene rings is 4. The molecule has 2 aliphatic rings. The van der Waals surface area contributed by atoms with Crippen molar-refractivity contribution in [3.05, 3.63) is 137 Å². The third-order valence-electron chi connectivity index (χ3n) is 13.6. The van der Waals surface area contributed by atoms with E-state index in [0.717, 1.165) is 74.7 Å². The first-order valence-electron chi connectivity index (χ1n) is 23.3. The molecule has 3 amide bonds. The molecule has 0 N–H and O–H groups in total. The van der Waals surface area contributed by atoms with Gasteiger partial charge in [-0.25, -0.2) is 0 Å². The van der Waals surface area contributed by atoms with Gasteiger partial charge in [-0.1, -0.05) is 107 Å². The molecule has 0 saturated carbocycles. The summed E-state index contributed by atoms with van der Waals surface area (Å²) in [6.07, 6.45) is 4.84. The first kappa shape index (κ1) is 48.2. The van der Waals surface area contributed by atoms with Gasteiger partial charge in [-0.15, -0.1) is 0 Å². The molecule has 2 fully saturated rings. The smallest absolute Gasteiger partial charge is 0.247 e. The van der Waals surface area contributed by atoms with Gasteiger partial charge in [-0.3, -0.25) is 19.3 Å². The maximum absolute atomic E-state index is 14.9. The van der Waals surface area contributed by atoms with Gasteiger partial charge in [0, 0.05) is 110 Å². The quantitative estimate of drug-likeness (QED) is 0.0780. The van der Waals surface area contributed by atoms with Crippen LogP contribution in [0.3, 0.4) is 0 Å². The summed E-state index contributed by atoms with van der Waals surface area (Å²) in [5.74, 6) is -0.117. The molecule has 0 bridgehead atoms. The van der Waals surface area contributed by atoms with E-state index in [1.54, 1.807) is 17.9 Å². The zero-order valence-corrected chi connectivity index (χ0v) is 40.8. The largest absolute Gasteiger partial charge is 0.415 e. The summed E-state index contributed by atoms with van der Waals surface area (Å²) in [4.78, 5) is 53.9. The molecule has 2 saturated heterocycles. The molecule has 4 aromatic rings. The van der Waals surface area contributed by atoms with E-state index in [2.05, 4.69) is 123 Å². The van der Waals surface area contributed by atoms with E-state index in [4.69, 9.17) is 4.43 Å². The minimum Gasteiger partial charge on any atom is -0.415 e. The lowest BCUT2D eigenvalue weighted by Gasteiger charge is -2.39. The Morgan fingerprint density at radius 1 is 0.734 bits per heavy atom. The van der Waals surface area contributed by atoms with E-state index in [9.17, 15) is 14.4 Å². The second-order valence-corrected chi connectivity index (χ2v) is 23.9. The molecule has 0 unspecified atom stereocenters. The molecule has 64 heavy (non-hydrogen) atoms. The van der Waals surface area contributed by atoms with Crippen molar-refractivity contribution >= 4 is 43.5 Å². The van der Waals surface area contributed by atoms with E-state index in [0.29, 0.717) is 32.6 Å². The number of carbonyl (C=O) groups is 3. The maximum Gasteiger partial charge on any atom is 0.247 e. The summed E-state index contributed by atoms with van der Waals surface area (Å²) < 4.78 is 6.43. The number of nitrogens with zero attached hydrogens (tertiary/aromatic N) is 6. The van der Waals surface area contributed by atoms with Crippen molar-refractivity contribution in [1.29, 1.82) is 0 Å². The zero-order chi connectivity index (χ0) is 45.9. The minimum absolute atomic E-state index is 0.0255. The normalized spacial score (nSPS) is 15.7. The summed E-state index contributed by atoms with van der Waals surface area (Å²) in [7, 11) is 0.339. The molecule has 2 aliphatic heterocycles. The van der Waals surface area contributed by atoms with Crippen molar-refractivity contribution in [2.45, 2.75) is 84.7 Å². The molecular formula is C53H72N6O4Si. The Morgan fingerprint density at radius 3 is 1.92 bits per heavy atom. The topological polar surface area (TPSA) is 79.9 Å². The van der Waals surface area contributed by atoms with E-state index in [1.165, 1.54) is 16.8 Å². The lowest BCUT2D eigenvalue weighted by molar-refractivity contribution is -0.145. The van der Waals surface area contributed by atoms with Crippen LogP contribution in [-0.2, 0) is 44.7 Å². The molecule has 0 radical (unpaired) electrons. The van der Waals surface area contributed by atoms with Crippen molar-refractivity contribution in [3.63, 3.8) is 0 Å². The van der Waals surface area contributed by atoms with E-state index >= 15 is 0 Å². The Balaban J connectivity index is 1.15. The van der Waals surface area contributed by atoms with Gasteiger partial charge >= 0.3 is 0 Å². The number of aryl methyl sites for hydroxylation is 1. The van der Waals surface area contributed by atoms with Crippen LogP contribution in [0.5, 0.6) is 0 Å². The van der Waals surface area contributed by atoms with Gasteiger partial charge in [-0.05, 0) is 82.7 Å². The zero-order valence-electron chi connectivity index (χ0n) is 39.8. The molecule has 342 valence electrons. The van der Waals surface area contributed by atoms with Crippen LogP contribution in [0.25, 0.3) is 6.08 Å². The van der Waals surface area contributed by atoms with Gasteiger partial charge in [0.25, 0.3) is 0 Å². The fourth-order valence-corrected chi connectivity index (χ4v) is 9.20. The Bertz CT molecular complexity index is 2140. The predicted molar refractivity (Wildman–Crippen MR) is 265 cm³/mol. The van der Waals surface area contributed by atoms with Crippen LogP contribution in [0, 0.1) is 0 Å². The van der Waals surface area contributed by atoms with Gasteiger partial charge in [-0.2, -0.15) is 0 Å². The maximum atomic E-state index is 14.9. The van der Waals surface area contributed by atoms with Crippen molar-refractivity contribution in [1.82, 2.24) is 19.6 Å². The summed E-state index contributed by atoms with van der Waals surface area (Å²) >= 11 is 0. The average molecular weight is 885 g/mol. The Kier molecular flexibility index (Phi) is 16.7. The van der Waals surface area contributed by atoms with Crippen LogP contribution in [-0.4, -0.2) is 124 Å². The molecule has 11 heteroatoms. The number of carbonyl (C=O) groups excluding carboxylic acids is 3. The molecule has 6 rings (SSSR count). The molecule has 1 atom stereocenters. The van der Waals surface area contributed by atoms with Crippen LogP contribution in [0.2, 0.25) is 18.1 Å². The minimum atomic E-state index is -1.79. The first-order valence-corrected chi connectivity index (χ1v) is 26.2. The third-order valence-corrected chi connectivity index (χ3v) is 18.1. The number of likely N-dealkylation sites (N-methyl/N-ethyl adjacent to an activating group) is 1. The van der Waals surface area contributed by atoms with Crippen LogP contribution in [0.4, 0.5) is 11.4 Å². The fraction of sp³-hybridized carbons (Fsp3) is 0.453. The molecule has 4 aromatic carbocycles. The van der Waals surface area contributed by atoms with Gasteiger partial charge in [0.2, 0.25) is 17.7 Å². The van der Waals surface area contributed by atoms with Crippen molar-refractivity contribution in [3.8, 4) is 0 Å². The molecular weight excluding hydrogens is 813 g/mol. The van der Waals surface area contributed by atoms with E-state index < -0.39 is 14.4 Å². The second kappa shape index (κ2) is 22.1. The van der Waals surface area contributed by atoms with Crippen LogP contribution in [0.15, 0.2) is 109 Å². The number of amides is 3. The lowest BCUT2D eigenvalue weighted by Crippen LogP contribution is -2.56. The van der Waals surface area contributed by atoms with Gasteiger partial charge in [0.05, 0.1) is 6.61 Å². The van der Waals surface area contributed by atoms with Crippen LogP contribution >= 0.6 is 0 Å². The first-order chi connectivity index (χ1) is 30.6. The molecule has 0 aromatic heterocycles. The van der Waals surface area contributed by atoms with Crippen LogP contribution < -0.4 is 9.80 Å². The Morgan fingerprint density at radius 2 is 1.33 bits per heavy atom. The Hall–Kier alpha value is -5.23. The second-order valence-electron chi connectivity index (χ2n) is 19.1. The van der Waals surface area contributed by atoms with Crippen molar-refractivity contribution < 1.29 is 18.8 Å². The summed E-state index contributed by atoms with van der Waals surface area (Å²) in [6, 6.07) is 34.7. The fourth-order valence-electron chi connectivity index (χ4n) is 8.16. The predicted octanol–water partition coefficient (Wildman–Crippen LogP) is 8.37. The van der Waals surface area contributed by atoms with Crippen molar-refractivity contribution in [2.75, 3.05) is 82.4 Å². The third kappa shape index (κ3) is 13.2. The highest BCUT2D eigenvalue weighted by molar-refractivity contribution is 6.74. The van der Waals surface area contributed by atoms with E-state index in [1.807, 2.05) is 58.3 Å². The molecule has 0 spiro atoms. The van der Waals surface area contributed by atoms with Crippen LogP contribution in [0.1, 0.15) is 62.4 Å². The van der Waals surface area contributed by atoms with Gasteiger partial charge in [0.15, 0.2) is 8.32 Å². The summed E-state index contributed by atoms with van der Waals surface area (Å²) in [5, 5.41) is 0.194. The van der Waals surface area contributed by atoms with Crippen molar-refractivity contribution in [2.24, 2.45) is 0 Å². The average Bonchev–Trinajstić information content (AvgIpc) is 3.30. The highest BCUT2D eigenvalue weighted by atomic mass is 28.4. The van der Waals surface area contributed by atoms with E-state index in [-0.39, 0.29) is 29.3 Å². The number of hydrogen-bond acceptors (Lipinski definition) is 7. The molecule has 10 nitrogen and oxygen atoms in total. The number of rotatable bonds is 17. The number of piperazine rings is 2. The lowest BCUT2D eigenvalue weighted by atomic mass is 10.0. The number of anilines is 2. The van der Waals surface area contributed by atoms with Gasteiger partial charge < -0.3 is 28.9 Å². The highest BCUT2D eigenvalue weighted by Gasteiger charge is 2.37. The number of hydrogen-bond donors (Lipinski definition) is 0. The highest BCUT2D eigenvalue weighted by Crippen LogP contribution is 2.36. The monoisotopic (exact) mass is 885 g/mol. The molecule has 0 aliphatic carbocycles. The SMILES string of the molecule is CCc1ccc(C=CC(=O)N(Cc2ccc(N3CCN(C(C)=O)CC3)cc2)[C@@H](Cc2ccccc2)C(=O)N2CCN(Cc3ccc(N(C)CCO[Si](C)(C)C(C)(C)C)cc3)CC2)cc1. The standard InChI is InChI=1S/C53H72N6O4Si/c1-9-43-15-17-44(18-16-43)23-28-51(61)59(41-47-21-26-49(27-22-47)57-35-33-56(34-36-57)42(2)60)50(39-45-13-11-10-12-14-45)52(62)58-31-29-55(30-32-58)40-46-19-24-48(25-20-46)54(6)37-38-63-64(7,8)53(3,4)5/h10-28,50H,9,29-41H2,1-8H3/t50-/m0/s1. The molecule has 2 heterocycles. The summed E-state index contributed by atoms with van der Waals surface area (Å²) in [5.41, 5.74) is 7.64.